The second-order valence-electron chi connectivity index (χ2n) is 7.33. The van der Waals surface area contributed by atoms with Crippen molar-refractivity contribution in [2.45, 2.75) is 32.4 Å². The zero-order chi connectivity index (χ0) is 20.8. The van der Waals surface area contributed by atoms with Gasteiger partial charge < -0.3 is 16.4 Å². The molecule has 4 N–H and O–H groups in total. The lowest BCUT2D eigenvalue weighted by molar-refractivity contribution is -0.123. The molecule has 0 saturated heterocycles. The van der Waals surface area contributed by atoms with E-state index in [0.29, 0.717) is 6.54 Å². The molecule has 5 nitrogen and oxygen atoms in total. The zero-order valence-electron chi connectivity index (χ0n) is 17.2. The van der Waals surface area contributed by atoms with E-state index in [4.69, 9.17) is 5.73 Å². The van der Waals surface area contributed by atoms with Crippen molar-refractivity contribution in [3.8, 4) is 0 Å². The van der Waals surface area contributed by atoms with E-state index in [-0.39, 0.29) is 42.7 Å². The van der Waals surface area contributed by atoms with Crippen molar-refractivity contribution in [1.82, 2.24) is 10.6 Å². The Morgan fingerprint density at radius 2 is 1.50 bits per heavy atom. The molecule has 158 valence electrons. The summed E-state index contributed by atoms with van der Waals surface area (Å²) >= 11 is 0. The van der Waals surface area contributed by atoms with Gasteiger partial charge in [-0.2, -0.15) is 0 Å². The van der Waals surface area contributed by atoms with Crippen molar-refractivity contribution >= 4 is 35.0 Å². The van der Waals surface area contributed by atoms with Crippen molar-refractivity contribution in [1.29, 1.82) is 0 Å². The third-order valence-corrected chi connectivity index (χ3v) is 4.99. The highest BCUT2D eigenvalue weighted by Gasteiger charge is 2.20. The molecule has 0 aliphatic carbocycles. The summed E-state index contributed by atoms with van der Waals surface area (Å²) in [5.74, 6) is -0.332. The highest BCUT2D eigenvalue weighted by molar-refractivity contribution is 5.85. The van der Waals surface area contributed by atoms with Crippen molar-refractivity contribution in [2.75, 3.05) is 6.54 Å². The molecule has 0 bridgehead atoms. The van der Waals surface area contributed by atoms with Crippen LogP contribution < -0.4 is 16.4 Å². The molecule has 2 atom stereocenters. The predicted molar refractivity (Wildman–Crippen MR) is 123 cm³/mol. The van der Waals surface area contributed by atoms with Gasteiger partial charge in [-0.15, -0.1) is 12.4 Å². The van der Waals surface area contributed by atoms with Gasteiger partial charge >= 0.3 is 0 Å². The van der Waals surface area contributed by atoms with Crippen LogP contribution in [0.4, 0.5) is 0 Å². The number of rotatable bonds is 7. The quantitative estimate of drug-likeness (QED) is 0.535. The number of carbonyl (C=O) groups excluding carboxylic acids is 2. The minimum Gasteiger partial charge on any atom is -0.349 e. The molecule has 6 heteroatoms. The summed E-state index contributed by atoms with van der Waals surface area (Å²) in [4.78, 5) is 24.4. The number of nitrogens with one attached hydrogen (secondary N) is 2. The van der Waals surface area contributed by atoms with Crippen LogP contribution in [0.5, 0.6) is 0 Å². The van der Waals surface area contributed by atoms with Crippen LogP contribution in [0.25, 0.3) is 10.8 Å². The van der Waals surface area contributed by atoms with Gasteiger partial charge in [0, 0.05) is 13.5 Å². The molecular formula is C24H28ClN3O2. The van der Waals surface area contributed by atoms with Gasteiger partial charge in [0.1, 0.15) is 0 Å². The van der Waals surface area contributed by atoms with Crippen LogP contribution in [0.15, 0.2) is 66.7 Å². The largest absolute Gasteiger partial charge is 0.349 e. The van der Waals surface area contributed by atoms with Gasteiger partial charge in [-0.25, -0.2) is 0 Å². The molecule has 0 saturated carbocycles. The number of aryl methyl sites for hydroxylation is 1. The molecule has 0 aliphatic heterocycles. The molecule has 30 heavy (non-hydrogen) atoms. The van der Waals surface area contributed by atoms with Crippen LogP contribution in [-0.2, 0) is 9.59 Å². The van der Waals surface area contributed by atoms with Gasteiger partial charge in [0.05, 0.1) is 18.5 Å². The van der Waals surface area contributed by atoms with E-state index >= 15 is 0 Å². The monoisotopic (exact) mass is 425 g/mol. The molecule has 3 aromatic carbocycles. The SMILES string of the molecule is CC(=O)NC(CC(=O)NC(CN)c1ccc2ccccc2c1)c1ccc(C)cc1.Cl. The van der Waals surface area contributed by atoms with Gasteiger partial charge in [-0.1, -0.05) is 66.2 Å². The first kappa shape index (κ1) is 23.4. The Hall–Kier alpha value is -2.89. The summed E-state index contributed by atoms with van der Waals surface area (Å²) in [7, 11) is 0. The fraction of sp³-hybridized carbons (Fsp3) is 0.250. The summed E-state index contributed by atoms with van der Waals surface area (Å²) in [6.07, 6.45) is 0.146. The molecule has 2 unspecified atom stereocenters. The van der Waals surface area contributed by atoms with Crippen molar-refractivity contribution in [2.24, 2.45) is 5.73 Å². The maximum absolute atomic E-state index is 12.8. The predicted octanol–water partition coefficient (Wildman–Crippen LogP) is 3.95. The first-order valence-corrected chi connectivity index (χ1v) is 9.78. The smallest absolute Gasteiger partial charge is 0.222 e. The summed E-state index contributed by atoms with van der Waals surface area (Å²) in [5, 5.41) is 8.14. The van der Waals surface area contributed by atoms with Crippen LogP contribution >= 0.6 is 12.4 Å². The van der Waals surface area contributed by atoms with Crippen molar-refractivity contribution < 1.29 is 9.59 Å². The number of carbonyl (C=O) groups is 2. The second kappa shape index (κ2) is 10.8. The molecular weight excluding hydrogens is 398 g/mol. The Morgan fingerprint density at radius 1 is 0.867 bits per heavy atom. The minimum atomic E-state index is -0.386. The summed E-state index contributed by atoms with van der Waals surface area (Å²) in [6.45, 7) is 3.75. The molecule has 0 aliphatic rings. The number of amides is 2. The zero-order valence-corrected chi connectivity index (χ0v) is 18.0. The first-order chi connectivity index (χ1) is 14.0. The summed E-state index contributed by atoms with van der Waals surface area (Å²) < 4.78 is 0. The van der Waals surface area contributed by atoms with Crippen LogP contribution in [0.3, 0.4) is 0 Å². The maximum Gasteiger partial charge on any atom is 0.222 e. The van der Waals surface area contributed by atoms with Gasteiger partial charge in [-0.05, 0) is 34.9 Å². The standard InChI is InChI=1S/C24H27N3O2.ClH/c1-16-7-9-19(10-8-16)22(26-17(2)28)14-24(29)27-23(15-25)21-12-11-18-5-3-4-6-20(18)13-21;/h3-13,22-23H,14-15,25H2,1-2H3,(H,26,28)(H,27,29);1H. The molecule has 0 aromatic heterocycles. The second-order valence-corrected chi connectivity index (χ2v) is 7.33. The molecule has 0 radical (unpaired) electrons. The fourth-order valence-electron chi connectivity index (χ4n) is 3.44. The fourth-order valence-corrected chi connectivity index (χ4v) is 3.44. The Kier molecular flexibility index (Phi) is 8.39. The average Bonchev–Trinajstić information content (AvgIpc) is 2.71. The van der Waals surface area contributed by atoms with E-state index in [1.54, 1.807) is 0 Å². The van der Waals surface area contributed by atoms with E-state index in [1.165, 1.54) is 6.92 Å². The highest BCUT2D eigenvalue weighted by atomic mass is 35.5. The third-order valence-electron chi connectivity index (χ3n) is 4.99. The van der Waals surface area contributed by atoms with Crippen molar-refractivity contribution in [3.05, 3.63) is 83.4 Å². The summed E-state index contributed by atoms with van der Waals surface area (Å²) in [5.41, 5.74) is 8.94. The lowest BCUT2D eigenvalue weighted by Gasteiger charge is -2.22. The van der Waals surface area contributed by atoms with E-state index in [0.717, 1.165) is 27.5 Å². The maximum atomic E-state index is 12.8. The van der Waals surface area contributed by atoms with E-state index in [1.807, 2.05) is 61.5 Å². The number of nitrogens with two attached hydrogens (primary N) is 1. The molecule has 3 aromatic rings. The van der Waals surface area contributed by atoms with Crippen LogP contribution in [0.1, 0.15) is 42.1 Å². The normalized spacial score (nSPS) is 12.5. The Bertz CT molecular complexity index is 1000. The first-order valence-electron chi connectivity index (χ1n) is 9.78. The Labute approximate surface area is 183 Å². The van der Waals surface area contributed by atoms with Crippen LogP contribution in [0.2, 0.25) is 0 Å². The van der Waals surface area contributed by atoms with E-state index in [2.05, 4.69) is 22.8 Å². The van der Waals surface area contributed by atoms with Crippen LogP contribution in [0, 0.1) is 6.92 Å². The number of benzene rings is 3. The molecule has 0 fully saturated rings. The van der Waals surface area contributed by atoms with Gasteiger partial charge in [0.25, 0.3) is 0 Å². The topological polar surface area (TPSA) is 84.2 Å². The molecule has 0 spiro atoms. The summed E-state index contributed by atoms with van der Waals surface area (Å²) in [6, 6.07) is 21.3. The molecule has 2 amide bonds. The van der Waals surface area contributed by atoms with Crippen molar-refractivity contribution in [3.63, 3.8) is 0 Å². The number of hydrogen-bond acceptors (Lipinski definition) is 3. The lowest BCUT2D eigenvalue weighted by atomic mass is 10.00. The van der Waals surface area contributed by atoms with E-state index < -0.39 is 0 Å². The average molecular weight is 426 g/mol. The molecule has 3 rings (SSSR count). The number of hydrogen-bond donors (Lipinski definition) is 3. The number of fused-ring (bicyclic) bond motifs is 1. The van der Waals surface area contributed by atoms with Crippen LogP contribution in [-0.4, -0.2) is 18.4 Å². The highest BCUT2D eigenvalue weighted by Crippen LogP contribution is 2.22. The lowest BCUT2D eigenvalue weighted by Crippen LogP contribution is -2.37. The van der Waals surface area contributed by atoms with Gasteiger partial charge in [0.15, 0.2) is 0 Å². The minimum absolute atomic E-state index is 0. The number of halogens is 1. The third kappa shape index (κ3) is 6.05. The van der Waals surface area contributed by atoms with E-state index in [9.17, 15) is 9.59 Å². The van der Waals surface area contributed by atoms with Gasteiger partial charge in [-0.3, -0.25) is 9.59 Å². The Balaban J connectivity index is 0.00000320. The Morgan fingerprint density at radius 3 is 2.13 bits per heavy atom. The van der Waals surface area contributed by atoms with Gasteiger partial charge in [0.2, 0.25) is 11.8 Å². The molecule has 0 heterocycles.